The minimum atomic E-state index is 0.681. The van der Waals surface area contributed by atoms with Gasteiger partial charge in [0, 0.05) is 11.8 Å². The fourth-order valence-electron chi connectivity index (χ4n) is 2.74. The zero-order chi connectivity index (χ0) is 14.4. The van der Waals surface area contributed by atoms with Crippen molar-refractivity contribution in [2.75, 3.05) is 0 Å². The predicted molar refractivity (Wildman–Crippen MR) is 82.8 cm³/mol. The summed E-state index contributed by atoms with van der Waals surface area (Å²) in [6.45, 7) is 6.73. The van der Waals surface area contributed by atoms with Crippen LogP contribution in [0.1, 0.15) is 64.1 Å². The molecule has 0 N–H and O–H groups in total. The molecule has 0 aromatic carbocycles. The van der Waals surface area contributed by atoms with Crippen LogP contribution in [0.4, 0.5) is 0 Å². The van der Waals surface area contributed by atoms with Crippen molar-refractivity contribution in [1.29, 1.82) is 0 Å². The summed E-state index contributed by atoms with van der Waals surface area (Å²) in [7, 11) is 0. The van der Waals surface area contributed by atoms with Crippen LogP contribution in [0, 0.1) is 5.92 Å². The van der Waals surface area contributed by atoms with Crippen molar-refractivity contribution in [1.82, 2.24) is 9.97 Å². The van der Waals surface area contributed by atoms with Crippen molar-refractivity contribution in [2.45, 2.75) is 65.7 Å². The predicted octanol–water partition coefficient (Wildman–Crippen LogP) is 4.93. The first kappa shape index (κ1) is 15.0. The Hall–Kier alpha value is -1.38. The molecule has 20 heavy (non-hydrogen) atoms. The van der Waals surface area contributed by atoms with Gasteiger partial charge in [-0.3, -0.25) is 4.98 Å². The second-order valence-corrected chi connectivity index (χ2v) is 5.82. The van der Waals surface area contributed by atoms with Crippen LogP contribution in [0.5, 0.6) is 0 Å². The molecule has 0 saturated carbocycles. The van der Waals surface area contributed by atoms with Gasteiger partial charge in [-0.1, -0.05) is 52.9 Å². The molecule has 0 fully saturated rings. The van der Waals surface area contributed by atoms with Crippen LogP contribution < -0.4 is 0 Å². The molecule has 0 amide bonds. The first-order valence-corrected chi connectivity index (χ1v) is 7.96. The third kappa shape index (κ3) is 3.59. The highest BCUT2D eigenvalue weighted by Crippen LogP contribution is 2.24. The van der Waals surface area contributed by atoms with Crippen molar-refractivity contribution in [3.63, 3.8) is 0 Å². The summed E-state index contributed by atoms with van der Waals surface area (Å²) < 4.78 is 5.55. The molecule has 0 radical (unpaired) electrons. The highest BCUT2D eigenvalue weighted by atomic mass is 16.3. The highest BCUT2D eigenvalue weighted by Gasteiger charge is 2.13. The average molecular weight is 274 g/mol. The van der Waals surface area contributed by atoms with Gasteiger partial charge >= 0.3 is 0 Å². The van der Waals surface area contributed by atoms with E-state index in [1.54, 1.807) is 6.39 Å². The second kappa shape index (κ2) is 7.41. The molecule has 3 nitrogen and oxygen atoms in total. The van der Waals surface area contributed by atoms with Crippen LogP contribution in [0.25, 0.3) is 11.1 Å². The monoisotopic (exact) mass is 274 g/mol. The summed E-state index contributed by atoms with van der Waals surface area (Å²) >= 11 is 0. The normalized spacial score (nSPS) is 12.9. The molecule has 1 unspecified atom stereocenters. The van der Waals surface area contributed by atoms with Crippen LogP contribution in [-0.2, 0) is 12.8 Å². The number of fused-ring (bicyclic) bond motifs is 1. The standard InChI is InChI=1S/C17H26N2O/c1-4-6-7-9-13(3)10-14-11-18-15(8-5-2)17-16(14)19-12-20-17/h11-13H,4-10H2,1-3H3. The third-order valence-electron chi connectivity index (χ3n) is 3.87. The van der Waals surface area contributed by atoms with Gasteiger partial charge in [-0.25, -0.2) is 4.98 Å². The van der Waals surface area contributed by atoms with Gasteiger partial charge in [-0.2, -0.15) is 0 Å². The molecule has 0 bridgehead atoms. The lowest BCUT2D eigenvalue weighted by atomic mass is 9.95. The van der Waals surface area contributed by atoms with E-state index in [1.807, 2.05) is 6.20 Å². The van der Waals surface area contributed by atoms with Crippen LogP contribution in [-0.4, -0.2) is 9.97 Å². The summed E-state index contributed by atoms with van der Waals surface area (Å²) in [5.74, 6) is 0.681. The lowest BCUT2D eigenvalue weighted by molar-refractivity contribution is 0.493. The van der Waals surface area contributed by atoms with Gasteiger partial charge in [0.25, 0.3) is 0 Å². The van der Waals surface area contributed by atoms with Gasteiger partial charge < -0.3 is 4.42 Å². The van der Waals surface area contributed by atoms with Crippen LogP contribution in [0.3, 0.4) is 0 Å². The van der Waals surface area contributed by atoms with E-state index in [2.05, 4.69) is 30.7 Å². The van der Waals surface area contributed by atoms with Gasteiger partial charge in [0.15, 0.2) is 12.0 Å². The van der Waals surface area contributed by atoms with Crippen molar-refractivity contribution in [3.05, 3.63) is 23.8 Å². The van der Waals surface area contributed by atoms with Crippen molar-refractivity contribution in [2.24, 2.45) is 5.92 Å². The van der Waals surface area contributed by atoms with E-state index >= 15 is 0 Å². The molecule has 0 aliphatic rings. The number of oxazole rings is 1. The first-order valence-electron chi connectivity index (χ1n) is 7.96. The number of hydrogen-bond acceptors (Lipinski definition) is 3. The first-order chi connectivity index (χ1) is 9.76. The van der Waals surface area contributed by atoms with E-state index < -0.39 is 0 Å². The average Bonchev–Trinajstić information content (AvgIpc) is 2.92. The third-order valence-corrected chi connectivity index (χ3v) is 3.87. The fourth-order valence-corrected chi connectivity index (χ4v) is 2.74. The van der Waals surface area contributed by atoms with Crippen molar-refractivity contribution in [3.8, 4) is 0 Å². The minimum absolute atomic E-state index is 0.681. The Morgan fingerprint density at radius 3 is 2.75 bits per heavy atom. The Labute approximate surface area is 121 Å². The van der Waals surface area contributed by atoms with Crippen LogP contribution in [0.2, 0.25) is 0 Å². The summed E-state index contributed by atoms with van der Waals surface area (Å²) in [5, 5.41) is 0. The largest absolute Gasteiger partial charge is 0.442 e. The van der Waals surface area contributed by atoms with E-state index in [9.17, 15) is 0 Å². The van der Waals surface area contributed by atoms with E-state index in [1.165, 1.54) is 31.2 Å². The molecule has 110 valence electrons. The lowest BCUT2D eigenvalue weighted by Gasteiger charge is -2.11. The number of rotatable bonds is 8. The molecular weight excluding hydrogens is 248 g/mol. The molecule has 2 heterocycles. The number of aromatic nitrogens is 2. The van der Waals surface area contributed by atoms with Crippen LogP contribution >= 0.6 is 0 Å². The molecule has 0 aliphatic heterocycles. The molecule has 2 aromatic heterocycles. The molecule has 0 aliphatic carbocycles. The Kier molecular flexibility index (Phi) is 5.57. The Morgan fingerprint density at radius 1 is 1.15 bits per heavy atom. The molecule has 3 heteroatoms. The van der Waals surface area contributed by atoms with Crippen molar-refractivity contribution >= 4 is 11.1 Å². The van der Waals surface area contributed by atoms with E-state index in [0.717, 1.165) is 36.1 Å². The van der Waals surface area contributed by atoms with E-state index in [0.29, 0.717) is 5.92 Å². The van der Waals surface area contributed by atoms with Gasteiger partial charge in [0.05, 0.1) is 5.69 Å². The van der Waals surface area contributed by atoms with Crippen LogP contribution in [0.15, 0.2) is 17.0 Å². The fraction of sp³-hybridized carbons (Fsp3) is 0.647. The van der Waals surface area contributed by atoms with Gasteiger partial charge in [-0.15, -0.1) is 0 Å². The highest BCUT2D eigenvalue weighted by molar-refractivity contribution is 5.77. The summed E-state index contributed by atoms with van der Waals surface area (Å²) in [4.78, 5) is 8.99. The number of nitrogens with zero attached hydrogens (tertiary/aromatic N) is 2. The molecule has 0 spiro atoms. The SMILES string of the molecule is CCCCCC(C)Cc1cnc(CCC)c2ocnc12. The van der Waals surface area contributed by atoms with Gasteiger partial charge in [0.2, 0.25) is 0 Å². The number of aryl methyl sites for hydroxylation is 1. The number of unbranched alkanes of at least 4 members (excludes halogenated alkanes) is 2. The zero-order valence-electron chi connectivity index (χ0n) is 13.0. The Balaban J connectivity index is 2.10. The topological polar surface area (TPSA) is 38.9 Å². The Morgan fingerprint density at radius 2 is 2.00 bits per heavy atom. The van der Waals surface area contributed by atoms with E-state index in [4.69, 9.17) is 4.42 Å². The quantitative estimate of drug-likeness (QED) is 0.640. The van der Waals surface area contributed by atoms with Gasteiger partial charge in [0.1, 0.15) is 5.52 Å². The minimum Gasteiger partial charge on any atom is -0.442 e. The zero-order valence-corrected chi connectivity index (χ0v) is 13.0. The smallest absolute Gasteiger partial charge is 0.182 e. The number of hydrogen-bond donors (Lipinski definition) is 0. The number of pyridine rings is 1. The summed E-state index contributed by atoms with van der Waals surface area (Å²) in [5.41, 5.74) is 4.19. The maximum absolute atomic E-state index is 5.55. The lowest BCUT2D eigenvalue weighted by Crippen LogP contribution is -2.02. The summed E-state index contributed by atoms with van der Waals surface area (Å²) in [6.07, 6.45) is 11.9. The van der Waals surface area contributed by atoms with E-state index in [-0.39, 0.29) is 0 Å². The molecule has 2 aromatic rings. The maximum Gasteiger partial charge on any atom is 0.182 e. The molecule has 0 saturated heterocycles. The Bertz CT molecular complexity index is 533. The maximum atomic E-state index is 5.55. The van der Waals surface area contributed by atoms with Crippen molar-refractivity contribution < 1.29 is 4.42 Å². The molecular formula is C17H26N2O. The molecule has 1 atom stereocenters. The molecule has 2 rings (SSSR count). The van der Waals surface area contributed by atoms with Gasteiger partial charge in [-0.05, 0) is 18.8 Å². The summed E-state index contributed by atoms with van der Waals surface area (Å²) in [6, 6.07) is 0. The second-order valence-electron chi connectivity index (χ2n) is 5.82.